The second-order valence-electron chi connectivity index (χ2n) is 9.73. The number of pyridine rings is 2. The number of aryl methyl sites for hydroxylation is 2. The van der Waals surface area contributed by atoms with Gasteiger partial charge in [0.1, 0.15) is 5.69 Å². The summed E-state index contributed by atoms with van der Waals surface area (Å²) in [6.07, 6.45) is -0.909. The number of fused-ring (bicyclic) bond motifs is 10. The van der Waals surface area contributed by atoms with Crippen LogP contribution in [-0.2, 0) is 17.5 Å². The first-order chi connectivity index (χ1) is 15.4. The SMILES string of the molecule is Cc1cc[n+]2c(c1)-c1nc(C(F)(F)F)nn1C21n2nc(C)cc2-c2cc(C(C)(C)C)cc[n+]21. The third kappa shape index (κ3) is 2.43. The third-order valence-corrected chi connectivity index (χ3v) is 6.33. The summed E-state index contributed by atoms with van der Waals surface area (Å²) in [6, 6.07) is 9.77. The zero-order chi connectivity index (χ0) is 23.5. The normalized spacial score (nSPS) is 18.4. The van der Waals surface area contributed by atoms with Crippen molar-refractivity contribution in [1.29, 1.82) is 0 Å². The lowest BCUT2D eigenvalue weighted by atomic mass is 9.87. The Morgan fingerprint density at radius 1 is 0.879 bits per heavy atom. The zero-order valence-electron chi connectivity index (χ0n) is 18.8. The summed E-state index contributed by atoms with van der Waals surface area (Å²) in [6.45, 7) is 10.1. The average molecular weight is 453 g/mol. The number of halogens is 3. The van der Waals surface area contributed by atoms with Gasteiger partial charge in [0, 0.05) is 24.3 Å². The van der Waals surface area contributed by atoms with E-state index in [4.69, 9.17) is 5.10 Å². The van der Waals surface area contributed by atoms with Gasteiger partial charge in [0.2, 0.25) is 11.5 Å². The molecule has 6 heterocycles. The molecular weight excluding hydrogens is 431 g/mol. The van der Waals surface area contributed by atoms with E-state index >= 15 is 0 Å². The molecule has 2 aliphatic rings. The van der Waals surface area contributed by atoms with Crippen LogP contribution in [0.2, 0.25) is 0 Å². The first kappa shape index (κ1) is 20.1. The zero-order valence-corrected chi connectivity index (χ0v) is 18.8. The molecule has 0 fully saturated rings. The minimum Gasteiger partial charge on any atom is -0.197 e. The van der Waals surface area contributed by atoms with E-state index in [-0.39, 0.29) is 11.2 Å². The fraction of sp³-hybridized carbons (Fsp3) is 0.348. The van der Waals surface area contributed by atoms with E-state index in [1.54, 1.807) is 4.68 Å². The van der Waals surface area contributed by atoms with Crippen molar-refractivity contribution in [3.05, 3.63) is 65.4 Å². The fourth-order valence-corrected chi connectivity index (χ4v) is 4.80. The van der Waals surface area contributed by atoms with E-state index in [1.807, 2.05) is 59.6 Å². The maximum atomic E-state index is 13.7. The Bertz CT molecular complexity index is 1470. The van der Waals surface area contributed by atoms with Crippen LogP contribution in [0.4, 0.5) is 13.2 Å². The van der Waals surface area contributed by atoms with E-state index in [9.17, 15) is 13.2 Å². The number of aromatic nitrogens is 7. The van der Waals surface area contributed by atoms with Gasteiger partial charge in [-0.25, -0.2) is 0 Å². The van der Waals surface area contributed by atoms with E-state index in [0.29, 0.717) is 5.69 Å². The molecule has 0 amide bonds. The van der Waals surface area contributed by atoms with Crippen LogP contribution < -0.4 is 9.13 Å². The highest BCUT2D eigenvalue weighted by atomic mass is 19.4. The highest BCUT2D eigenvalue weighted by Crippen LogP contribution is 2.39. The fourth-order valence-electron chi connectivity index (χ4n) is 4.80. The Morgan fingerprint density at radius 3 is 2.27 bits per heavy atom. The molecule has 4 aromatic rings. The first-order valence-electron chi connectivity index (χ1n) is 10.6. The second kappa shape index (κ2) is 5.86. The van der Waals surface area contributed by atoms with Crippen molar-refractivity contribution in [2.75, 3.05) is 0 Å². The van der Waals surface area contributed by atoms with Crippen LogP contribution in [0.15, 0.2) is 42.7 Å². The summed E-state index contributed by atoms with van der Waals surface area (Å²) in [4.78, 5) is 3.92. The lowest BCUT2D eigenvalue weighted by molar-refractivity contribution is -0.990. The molecule has 1 spiro atoms. The standard InChI is InChI=1S/C23H22F3N7/c1-13-6-8-31-18(10-13)19-27-20(22(24,25)26)29-33(19)23(31)30-9-7-15(21(3,4)5)12-16(30)17-11-14(2)28-32(17)23/h6-12H,1-5H3/q+2. The smallest absolute Gasteiger partial charge is 0.197 e. The van der Waals surface area contributed by atoms with Gasteiger partial charge >= 0.3 is 12.1 Å². The molecule has 168 valence electrons. The summed E-state index contributed by atoms with van der Waals surface area (Å²) < 4.78 is 47.9. The van der Waals surface area contributed by atoms with E-state index in [2.05, 4.69) is 36.9 Å². The Labute approximate surface area is 187 Å². The monoisotopic (exact) mass is 453 g/mol. The average Bonchev–Trinajstić information content (AvgIpc) is 3.42. The molecule has 6 rings (SSSR count). The molecule has 0 aliphatic carbocycles. The second-order valence-corrected chi connectivity index (χ2v) is 9.73. The van der Waals surface area contributed by atoms with Crippen LogP contribution in [0.25, 0.3) is 22.9 Å². The molecule has 0 N–H and O–H groups in total. The Kier molecular flexibility index (Phi) is 3.57. The van der Waals surface area contributed by atoms with Crippen molar-refractivity contribution < 1.29 is 22.3 Å². The van der Waals surface area contributed by atoms with E-state index < -0.39 is 17.9 Å². The quantitative estimate of drug-likeness (QED) is 0.332. The van der Waals surface area contributed by atoms with Gasteiger partial charge in [-0.2, -0.15) is 23.3 Å². The summed E-state index contributed by atoms with van der Waals surface area (Å²) in [7, 11) is 0. The van der Waals surface area contributed by atoms with Gasteiger partial charge in [0.15, 0.2) is 12.4 Å². The van der Waals surface area contributed by atoms with Crippen LogP contribution in [0, 0.1) is 13.8 Å². The number of rotatable bonds is 0. The molecule has 0 bridgehead atoms. The summed E-state index contributed by atoms with van der Waals surface area (Å²) in [5, 5.41) is 8.73. The first-order valence-corrected chi connectivity index (χ1v) is 10.6. The van der Waals surface area contributed by atoms with Crippen molar-refractivity contribution >= 4 is 0 Å². The van der Waals surface area contributed by atoms with Crippen molar-refractivity contribution in [3.8, 4) is 22.9 Å². The van der Waals surface area contributed by atoms with Crippen molar-refractivity contribution in [3.63, 3.8) is 0 Å². The van der Waals surface area contributed by atoms with Gasteiger partial charge in [-0.3, -0.25) is 0 Å². The van der Waals surface area contributed by atoms with Gasteiger partial charge in [0.05, 0.1) is 5.69 Å². The molecule has 0 aromatic carbocycles. The predicted molar refractivity (Wildman–Crippen MR) is 111 cm³/mol. The Morgan fingerprint density at radius 2 is 1.58 bits per heavy atom. The highest BCUT2D eigenvalue weighted by molar-refractivity contribution is 5.57. The lowest BCUT2D eigenvalue weighted by Gasteiger charge is -2.19. The highest BCUT2D eigenvalue weighted by Gasteiger charge is 2.71. The molecule has 0 saturated carbocycles. The molecule has 7 nitrogen and oxygen atoms in total. The Hall–Kier alpha value is -3.56. The summed E-state index contributed by atoms with van der Waals surface area (Å²) in [5.74, 6) is -2.36. The Balaban J connectivity index is 1.77. The molecule has 33 heavy (non-hydrogen) atoms. The predicted octanol–water partition coefficient (Wildman–Crippen LogP) is 3.16. The molecule has 4 aromatic heterocycles. The van der Waals surface area contributed by atoms with Gasteiger partial charge < -0.3 is 0 Å². The molecule has 1 unspecified atom stereocenters. The van der Waals surface area contributed by atoms with E-state index in [0.717, 1.165) is 28.2 Å². The van der Waals surface area contributed by atoms with Crippen LogP contribution in [-0.4, -0.2) is 24.5 Å². The number of hydrogen-bond acceptors (Lipinski definition) is 3. The largest absolute Gasteiger partial charge is 0.584 e. The molecule has 10 heteroatoms. The molecule has 1 atom stereocenters. The minimum absolute atomic E-state index is 0.106. The van der Waals surface area contributed by atoms with Crippen molar-refractivity contribution in [2.24, 2.45) is 0 Å². The van der Waals surface area contributed by atoms with E-state index in [1.165, 1.54) is 4.68 Å². The maximum Gasteiger partial charge on any atom is 0.584 e. The van der Waals surface area contributed by atoms with Gasteiger partial charge in [0.25, 0.3) is 11.5 Å². The van der Waals surface area contributed by atoms with Crippen LogP contribution in [0.3, 0.4) is 0 Å². The summed E-state index contributed by atoms with van der Waals surface area (Å²) >= 11 is 0. The van der Waals surface area contributed by atoms with Gasteiger partial charge in [-0.1, -0.05) is 34.6 Å². The number of alkyl halides is 3. The van der Waals surface area contributed by atoms with Gasteiger partial charge in [-0.05, 0) is 36.5 Å². The third-order valence-electron chi connectivity index (χ3n) is 6.33. The molecule has 0 saturated heterocycles. The topological polar surface area (TPSA) is 56.3 Å². The molecule has 2 aliphatic heterocycles. The number of hydrogen-bond donors (Lipinski definition) is 0. The molecule has 0 radical (unpaired) electrons. The lowest BCUT2D eigenvalue weighted by Crippen LogP contribution is -2.77. The van der Waals surface area contributed by atoms with Crippen LogP contribution in [0.1, 0.15) is 43.4 Å². The van der Waals surface area contributed by atoms with Crippen molar-refractivity contribution in [2.45, 2.75) is 52.1 Å². The summed E-state index contributed by atoms with van der Waals surface area (Å²) in [5.41, 5.74) is 4.86. The minimum atomic E-state index is -4.67. The van der Waals surface area contributed by atoms with Crippen LogP contribution in [0.5, 0.6) is 0 Å². The van der Waals surface area contributed by atoms with Gasteiger partial charge in [-0.15, -0.1) is 9.78 Å². The maximum absolute atomic E-state index is 13.7. The van der Waals surface area contributed by atoms with Crippen LogP contribution >= 0.6 is 0 Å². The van der Waals surface area contributed by atoms with Crippen molar-refractivity contribution in [1.82, 2.24) is 24.5 Å². The number of nitrogens with zero attached hydrogens (tertiary/aromatic N) is 7. The molecular formula is C23H22F3N7+2.